The fourth-order valence-corrected chi connectivity index (χ4v) is 2.52. The zero-order chi connectivity index (χ0) is 12.8. The first-order valence-electron chi connectivity index (χ1n) is 7.17. The Kier molecular flexibility index (Phi) is 4.79. The molecular weight excluding hydrogens is 220 g/mol. The van der Waals surface area contributed by atoms with Crippen molar-refractivity contribution >= 4 is 0 Å². The second kappa shape index (κ2) is 6.35. The van der Waals surface area contributed by atoms with E-state index < -0.39 is 0 Å². The van der Waals surface area contributed by atoms with Crippen molar-refractivity contribution in [2.24, 2.45) is 0 Å². The van der Waals surface area contributed by atoms with Crippen molar-refractivity contribution < 1.29 is 0 Å². The summed E-state index contributed by atoms with van der Waals surface area (Å²) >= 11 is 0. The van der Waals surface area contributed by atoms with E-state index in [1.54, 1.807) is 0 Å². The van der Waals surface area contributed by atoms with Crippen LogP contribution in [0.5, 0.6) is 0 Å². The first-order valence-corrected chi connectivity index (χ1v) is 7.17. The normalized spacial score (nSPS) is 21.2. The number of nitrogens with zero attached hydrogens (tertiary/aromatic N) is 1. The van der Waals surface area contributed by atoms with E-state index in [-0.39, 0.29) is 0 Å². The Labute approximate surface area is 111 Å². The van der Waals surface area contributed by atoms with Crippen molar-refractivity contribution in [3.8, 4) is 0 Å². The van der Waals surface area contributed by atoms with Crippen molar-refractivity contribution in [3.63, 3.8) is 0 Å². The van der Waals surface area contributed by atoms with Crippen molar-refractivity contribution in [1.29, 1.82) is 0 Å². The molecule has 0 unspecified atom stereocenters. The molecule has 1 aromatic rings. The molecule has 2 rings (SSSR count). The van der Waals surface area contributed by atoms with Gasteiger partial charge in [0.15, 0.2) is 0 Å². The predicted octanol–water partition coefficient (Wildman–Crippen LogP) is 2.69. The molecule has 1 aliphatic rings. The molecule has 0 saturated carbocycles. The third kappa shape index (κ3) is 4.43. The maximum absolute atomic E-state index is 3.63. The van der Waals surface area contributed by atoms with Crippen molar-refractivity contribution in [3.05, 3.63) is 35.9 Å². The Morgan fingerprint density at radius 2 is 1.94 bits per heavy atom. The zero-order valence-corrected chi connectivity index (χ0v) is 11.8. The molecule has 100 valence electrons. The van der Waals surface area contributed by atoms with Gasteiger partial charge in [-0.15, -0.1) is 0 Å². The molecule has 0 bridgehead atoms. The Morgan fingerprint density at radius 1 is 1.17 bits per heavy atom. The molecule has 0 atom stereocenters. The first-order chi connectivity index (χ1) is 8.66. The van der Waals surface area contributed by atoms with Gasteiger partial charge >= 0.3 is 0 Å². The number of hydrogen-bond donors (Lipinski definition) is 1. The predicted molar refractivity (Wildman–Crippen MR) is 77.9 cm³/mol. The summed E-state index contributed by atoms with van der Waals surface area (Å²) in [4.78, 5) is 2.62. The van der Waals surface area contributed by atoms with Gasteiger partial charge in [-0.1, -0.05) is 30.3 Å². The lowest BCUT2D eigenvalue weighted by Gasteiger charge is -2.33. The minimum atomic E-state index is 0.297. The van der Waals surface area contributed by atoms with Crippen LogP contribution < -0.4 is 5.32 Å². The maximum atomic E-state index is 3.63. The van der Waals surface area contributed by atoms with Crippen molar-refractivity contribution in [1.82, 2.24) is 10.2 Å². The first kappa shape index (κ1) is 13.6. The third-order valence-electron chi connectivity index (χ3n) is 3.87. The number of rotatable bonds is 3. The van der Waals surface area contributed by atoms with Gasteiger partial charge in [0.05, 0.1) is 0 Å². The van der Waals surface area contributed by atoms with Gasteiger partial charge in [0.1, 0.15) is 0 Å². The highest BCUT2D eigenvalue weighted by Crippen LogP contribution is 2.13. The molecule has 2 heteroatoms. The average Bonchev–Trinajstić information content (AvgIpc) is 2.36. The Morgan fingerprint density at radius 3 is 2.72 bits per heavy atom. The van der Waals surface area contributed by atoms with Gasteiger partial charge in [-0.2, -0.15) is 0 Å². The highest BCUT2D eigenvalue weighted by molar-refractivity contribution is 5.14. The summed E-state index contributed by atoms with van der Waals surface area (Å²) in [5.41, 5.74) is 1.75. The fraction of sp³-hybridized carbons (Fsp3) is 0.625. The summed E-state index contributed by atoms with van der Waals surface area (Å²) in [6.07, 6.45) is 3.68. The van der Waals surface area contributed by atoms with Crippen LogP contribution in [-0.4, -0.2) is 36.6 Å². The summed E-state index contributed by atoms with van der Waals surface area (Å²) in [6.45, 7) is 9.42. The highest BCUT2D eigenvalue weighted by Gasteiger charge is 2.20. The van der Waals surface area contributed by atoms with E-state index in [1.807, 2.05) is 0 Å². The van der Waals surface area contributed by atoms with Gasteiger partial charge in [-0.3, -0.25) is 0 Å². The van der Waals surface area contributed by atoms with Gasteiger partial charge in [0, 0.05) is 12.1 Å². The van der Waals surface area contributed by atoms with Crippen LogP contribution in [0.15, 0.2) is 30.3 Å². The molecule has 0 aliphatic carbocycles. The summed E-state index contributed by atoms with van der Waals surface area (Å²) in [7, 11) is 0. The van der Waals surface area contributed by atoms with E-state index in [2.05, 4.69) is 54.4 Å². The van der Waals surface area contributed by atoms with Gasteiger partial charge in [0.2, 0.25) is 0 Å². The maximum Gasteiger partial charge on any atom is 0.0137 e. The number of nitrogens with one attached hydrogen (secondary N) is 1. The van der Waals surface area contributed by atoms with E-state index in [1.165, 1.54) is 44.5 Å². The topological polar surface area (TPSA) is 15.3 Å². The standard InChI is InChI=1S/C16H26N2/c1-16(2)10-14-18(12-6-11-17-16)13-9-15-7-4-3-5-8-15/h3-5,7-8,17H,6,9-14H2,1-2H3. The molecule has 1 aromatic carbocycles. The summed E-state index contributed by atoms with van der Waals surface area (Å²) < 4.78 is 0. The van der Waals surface area contributed by atoms with Gasteiger partial charge < -0.3 is 10.2 Å². The number of hydrogen-bond acceptors (Lipinski definition) is 2. The smallest absolute Gasteiger partial charge is 0.0137 e. The summed E-state index contributed by atoms with van der Waals surface area (Å²) in [6, 6.07) is 10.8. The Balaban J connectivity index is 1.81. The van der Waals surface area contributed by atoms with Crippen molar-refractivity contribution in [2.75, 3.05) is 26.2 Å². The molecule has 1 N–H and O–H groups in total. The average molecular weight is 246 g/mol. The van der Waals surface area contributed by atoms with Gasteiger partial charge in [-0.25, -0.2) is 0 Å². The highest BCUT2D eigenvalue weighted by atomic mass is 15.1. The molecule has 0 aromatic heterocycles. The van der Waals surface area contributed by atoms with E-state index in [0.29, 0.717) is 5.54 Å². The van der Waals surface area contributed by atoms with Crippen LogP contribution in [0, 0.1) is 0 Å². The van der Waals surface area contributed by atoms with Crippen LogP contribution in [-0.2, 0) is 6.42 Å². The second-order valence-electron chi connectivity index (χ2n) is 5.99. The molecule has 0 spiro atoms. The molecule has 2 nitrogen and oxygen atoms in total. The Bertz CT molecular complexity index is 345. The largest absolute Gasteiger partial charge is 0.312 e. The summed E-state index contributed by atoms with van der Waals surface area (Å²) in [5.74, 6) is 0. The minimum Gasteiger partial charge on any atom is -0.312 e. The quantitative estimate of drug-likeness (QED) is 0.882. The summed E-state index contributed by atoms with van der Waals surface area (Å²) in [5, 5.41) is 3.63. The minimum absolute atomic E-state index is 0.297. The molecule has 1 saturated heterocycles. The van der Waals surface area contributed by atoms with E-state index >= 15 is 0 Å². The van der Waals surface area contributed by atoms with Crippen LogP contribution in [0.3, 0.4) is 0 Å². The van der Waals surface area contributed by atoms with Crippen LogP contribution in [0.4, 0.5) is 0 Å². The molecular formula is C16H26N2. The SMILES string of the molecule is CC1(C)CCN(CCc2ccccc2)CCCN1. The van der Waals surface area contributed by atoms with Crippen LogP contribution in [0.2, 0.25) is 0 Å². The monoisotopic (exact) mass is 246 g/mol. The third-order valence-corrected chi connectivity index (χ3v) is 3.87. The van der Waals surface area contributed by atoms with E-state index in [9.17, 15) is 0 Å². The second-order valence-corrected chi connectivity index (χ2v) is 5.99. The van der Waals surface area contributed by atoms with Crippen LogP contribution in [0.25, 0.3) is 0 Å². The van der Waals surface area contributed by atoms with Crippen LogP contribution >= 0.6 is 0 Å². The Hall–Kier alpha value is -0.860. The number of benzene rings is 1. The van der Waals surface area contributed by atoms with Gasteiger partial charge in [-0.05, 0) is 58.3 Å². The molecule has 0 radical (unpaired) electrons. The molecule has 1 fully saturated rings. The lowest BCUT2D eigenvalue weighted by Crippen LogP contribution is -2.46. The lowest BCUT2D eigenvalue weighted by molar-refractivity contribution is 0.206. The molecule has 1 heterocycles. The van der Waals surface area contributed by atoms with E-state index in [4.69, 9.17) is 0 Å². The molecule has 18 heavy (non-hydrogen) atoms. The fourth-order valence-electron chi connectivity index (χ4n) is 2.52. The van der Waals surface area contributed by atoms with Crippen LogP contribution in [0.1, 0.15) is 32.3 Å². The zero-order valence-electron chi connectivity index (χ0n) is 11.8. The van der Waals surface area contributed by atoms with Crippen molar-refractivity contribution in [2.45, 2.75) is 38.6 Å². The molecule has 0 amide bonds. The van der Waals surface area contributed by atoms with E-state index in [0.717, 1.165) is 6.54 Å². The van der Waals surface area contributed by atoms with Gasteiger partial charge in [0.25, 0.3) is 0 Å². The lowest BCUT2D eigenvalue weighted by atomic mass is 9.98. The molecule has 1 aliphatic heterocycles.